The van der Waals surface area contributed by atoms with Crippen LogP contribution in [0.25, 0.3) is 0 Å². The molecule has 2 rings (SSSR count). The van der Waals surface area contributed by atoms with Crippen LogP contribution < -0.4 is 11.1 Å². The van der Waals surface area contributed by atoms with E-state index in [2.05, 4.69) is 24.1 Å². The lowest BCUT2D eigenvalue weighted by atomic mass is 10.1. The van der Waals surface area contributed by atoms with E-state index in [4.69, 9.17) is 5.73 Å². The standard InChI is InChI=1S/C12H16F3N3/c1-11(2)5-8(11)6-17-10-4-7(12(13,14)15)3-9(16)18-10/h3-4,8H,5-6H2,1-2H3,(H3,16,17,18). The molecule has 1 fully saturated rings. The summed E-state index contributed by atoms with van der Waals surface area (Å²) in [6, 6.07) is 1.83. The lowest BCUT2D eigenvalue weighted by Gasteiger charge is -2.11. The van der Waals surface area contributed by atoms with Gasteiger partial charge >= 0.3 is 6.18 Å². The average Bonchev–Trinajstić information content (AvgIpc) is 2.81. The van der Waals surface area contributed by atoms with Crippen LogP contribution in [0.5, 0.6) is 0 Å². The predicted molar refractivity (Wildman–Crippen MR) is 64.0 cm³/mol. The number of alkyl halides is 3. The number of aromatic nitrogens is 1. The summed E-state index contributed by atoms with van der Waals surface area (Å²) in [6.07, 6.45) is -3.32. The van der Waals surface area contributed by atoms with E-state index in [0.717, 1.165) is 18.6 Å². The number of anilines is 2. The van der Waals surface area contributed by atoms with Crippen LogP contribution in [0.15, 0.2) is 12.1 Å². The molecule has 1 heterocycles. The van der Waals surface area contributed by atoms with Crippen LogP contribution in [-0.2, 0) is 6.18 Å². The van der Waals surface area contributed by atoms with Crippen molar-refractivity contribution in [2.24, 2.45) is 11.3 Å². The second-order valence-electron chi connectivity index (χ2n) is 5.43. The normalized spacial score (nSPS) is 21.7. The fraction of sp³-hybridized carbons (Fsp3) is 0.583. The molecule has 1 aliphatic rings. The summed E-state index contributed by atoms with van der Waals surface area (Å²) in [7, 11) is 0. The highest BCUT2D eigenvalue weighted by Gasteiger charge is 2.45. The smallest absolute Gasteiger partial charge is 0.384 e. The molecule has 0 amide bonds. The van der Waals surface area contributed by atoms with Crippen molar-refractivity contribution in [3.8, 4) is 0 Å². The summed E-state index contributed by atoms with van der Waals surface area (Å²) in [5, 5.41) is 2.92. The molecule has 3 nitrogen and oxygen atoms in total. The minimum absolute atomic E-state index is 0.123. The van der Waals surface area contributed by atoms with Crippen molar-refractivity contribution in [3.05, 3.63) is 17.7 Å². The third kappa shape index (κ3) is 2.86. The number of halogens is 3. The van der Waals surface area contributed by atoms with Crippen molar-refractivity contribution in [1.82, 2.24) is 4.98 Å². The quantitative estimate of drug-likeness (QED) is 0.876. The van der Waals surface area contributed by atoms with E-state index >= 15 is 0 Å². The van der Waals surface area contributed by atoms with E-state index in [1.54, 1.807) is 0 Å². The van der Waals surface area contributed by atoms with Gasteiger partial charge in [0, 0.05) is 6.54 Å². The van der Waals surface area contributed by atoms with Crippen molar-refractivity contribution in [1.29, 1.82) is 0 Å². The maximum atomic E-state index is 12.6. The van der Waals surface area contributed by atoms with Gasteiger partial charge in [0.15, 0.2) is 0 Å². The summed E-state index contributed by atoms with van der Waals surface area (Å²) >= 11 is 0. The Balaban J connectivity index is 2.07. The van der Waals surface area contributed by atoms with Gasteiger partial charge in [0.2, 0.25) is 0 Å². The molecule has 18 heavy (non-hydrogen) atoms. The van der Waals surface area contributed by atoms with Crippen molar-refractivity contribution in [3.63, 3.8) is 0 Å². The highest BCUT2D eigenvalue weighted by atomic mass is 19.4. The van der Waals surface area contributed by atoms with Crippen molar-refractivity contribution in [2.75, 3.05) is 17.6 Å². The van der Waals surface area contributed by atoms with Crippen molar-refractivity contribution in [2.45, 2.75) is 26.4 Å². The van der Waals surface area contributed by atoms with E-state index in [1.807, 2.05) is 0 Å². The highest BCUT2D eigenvalue weighted by molar-refractivity contribution is 5.47. The summed E-state index contributed by atoms with van der Waals surface area (Å²) in [5.74, 6) is 0.544. The van der Waals surface area contributed by atoms with Crippen LogP contribution in [0.1, 0.15) is 25.8 Å². The molecule has 0 saturated heterocycles. The van der Waals surface area contributed by atoms with Gasteiger partial charge in [0.1, 0.15) is 11.6 Å². The van der Waals surface area contributed by atoms with E-state index in [0.29, 0.717) is 12.5 Å². The van der Waals surface area contributed by atoms with Crippen LogP contribution in [-0.4, -0.2) is 11.5 Å². The Hall–Kier alpha value is -1.46. The second-order valence-corrected chi connectivity index (χ2v) is 5.43. The Kier molecular flexibility index (Phi) is 2.91. The molecule has 1 atom stereocenters. The fourth-order valence-electron chi connectivity index (χ4n) is 1.96. The lowest BCUT2D eigenvalue weighted by Crippen LogP contribution is -2.12. The van der Waals surface area contributed by atoms with Crippen molar-refractivity contribution < 1.29 is 13.2 Å². The Labute approximate surface area is 104 Å². The Morgan fingerprint density at radius 2 is 2.06 bits per heavy atom. The summed E-state index contributed by atoms with van der Waals surface area (Å²) < 4.78 is 37.7. The lowest BCUT2D eigenvalue weighted by molar-refractivity contribution is -0.137. The monoisotopic (exact) mass is 259 g/mol. The van der Waals surface area contributed by atoms with Crippen LogP contribution in [0.3, 0.4) is 0 Å². The van der Waals surface area contributed by atoms with Gasteiger partial charge in [-0.2, -0.15) is 13.2 Å². The van der Waals surface area contributed by atoms with Gasteiger partial charge in [-0.3, -0.25) is 0 Å². The zero-order valence-corrected chi connectivity index (χ0v) is 10.3. The summed E-state index contributed by atoms with van der Waals surface area (Å²) in [6.45, 7) is 4.89. The molecule has 0 radical (unpaired) electrons. The number of nitrogens with two attached hydrogens (primary N) is 1. The first-order valence-corrected chi connectivity index (χ1v) is 5.77. The largest absolute Gasteiger partial charge is 0.416 e. The van der Waals surface area contributed by atoms with Gasteiger partial charge < -0.3 is 11.1 Å². The molecule has 1 saturated carbocycles. The molecule has 1 aliphatic carbocycles. The number of pyridine rings is 1. The Morgan fingerprint density at radius 1 is 1.44 bits per heavy atom. The molecule has 3 N–H and O–H groups in total. The van der Waals surface area contributed by atoms with Gasteiger partial charge in [0.05, 0.1) is 5.56 Å². The number of nitrogens with one attached hydrogen (secondary N) is 1. The van der Waals surface area contributed by atoms with Crippen molar-refractivity contribution >= 4 is 11.6 Å². The van der Waals surface area contributed by atoms with Gasteiger partial charge in [-0.15, -0.1) is 0 Å². The molecule has 0 aliphatic heterocycles. The SMILES string of the molecule is CC1(C)CC1CNc1cc(C(F)(F)F)cc(N)n1. The van der Waals surface area contributed by atoms with Gasteiger partial charge in [-0.25, -0.2) is 4.98 Å². The number of hydrogen-bond donors (Lipinski definition) is 2. The maximum absolute atomic E-state index is 12.6. The number of rotatable bonds is 3. The molecule has 1 unspecified atom stereocenters. The van der Waals surface area contributed by atoms with Crippen LogP contribution in [0, 0.1) is 11.3 Å². The van der Waals surface area contributed by atoms with E-state index in [1.165, 1.54) is 0 Å². The molecule has 0 spiro atoms. The van der Waals surface area contributed by atoms with Crippen LogP contribution in [0.4, 0.5) is 24.8 Å². The first-order valence-electron chi connectivity index (χ1n) is 5.77. The molecule has 0 aromatic carbocycles. The average molecular weight is 259 g/mol. The van der Waals surface area contributed by atoms with E-state index in [-0.39, 0.29) is 17.1 Å². The fourth-order valence-corrected chi connectivity index (χ4v) is 1.96. The van der Waals surface area contributed by atoms with Gasteiger partial charge in [-0.05, 0) is 29.9 Å². The number of nitrogen functional groups attached to an aromatic ring is 1. The third-order valence-electron chi connectivity index (χ3n) is 3.42. The Morgan fingerprint density at radius 3 is 2.56 bits per heavy atom. The molecular formula is C12H16F3N3. The number of nitrogens with zero attached hydrogens (tertiary/aromatic N) is 1. The molecule has 1 aromatic heterocycles. The predicted octanol–water partition coefficient (Wildman–Crippen LogP) is 3.14. The zero-order chi connectivity index (χ0) is 13.6. The van der Waals surface area contributed by atoms with Gasteiger partial charge in [0.25, 0.3) is 0 Å². The Bertz CT molecular complexity index is 454. The summed E-state index contributed by atoms with van der Waals surface area (Å²) in [4.78, 5) is 3.86. The topological polar surface area (TPSA) is 50.9 Å². The minimum atomic E-state index is -4.40. The number of hydrogen-bond acceptors (Lipinski definition) is 3. The molecule has 6 heteroatoms. The molecular weight excluding hydrogens is 243 g/mol. The molecule has 100 valence electrons. The first-order chi connectivity index (χ1) is 8.18. The highest BCUT2D eigenvalue weighted by Crippen LogP contribution is 2.51. The summed E-state index contributed by atoms with van der Waals surface area (Å²) in [5.41, 5.74) is 4.89. The second kappa shape index (κ2) is 4.03. The zero-order valence-electron chi connectivity index (χ0n) is 10.3. The maximum Gasteiger partial charge on any atom is 0.416 e. The van der Waals surface area contributed by atoms with Crippen LogP contribution in [0.2, 0.25) is 0 Å². The minimum Gasteiger partial charge on any atom is -0.384 e. The molecule has 0 bridgehead atoms. The third-order valence-corrected chi connectivity index (χ3v) is 3.42. The van der Waals surface area contributed by atoms with E-state index < -0.39 is 11.7 Å². The molecule has 1 aromatic rings. The van der Waals surface area contributed by atoms with Crippen LogP contribution >= 0.6 is 0 Å². The van der Waals surface area contributed by atoms with E-state index in [9.17, 15) is 13.2 Å². The first kappa shape index (κ1) is 13.0. The van der Waals surface area contributed by atoms with Gasteiger partial charge in [-0.1, -0.05) is 13.8 Å².